The van der Waals surface area contributed by atoms with Crippen molar-refractivity contribution in [3.05, 3.63) is 22.9 Å². The minimum Gasteiger partial charge on any atom is -0.388 e. The van der Waals surface area contributed by atoms with Crippen LogP contribution in [-0.4, -0.2) is 74.0 Å². The van der Waals surface area contributed by atoms with Crippen molar-refractivity contribution in [1.29, 1.82) is 0 Å². The molecule has 0 amide bonds. The summed E-state index contributed by atoms with van der Waals surface area (Å²) >= 11 is 0. The fourth-order valence-electron chi connectivity index (χ4n) is 3.83. The van der Waals surface area contributed by atoms with E-state index in [2.05, 4.69) is 15.3 Å². The van der Waals surface area contributed by atoms with Gasteiger partial charge in [-0.2, -0.15) is 4.98 Å². The van der Waals surface area contributed by atoms with Gasteiger partial charge in [-0.05, 0) is 33.6 Å². The van der Waals surface area contributed by atoms with Crippen LogP contribution in [0.15, 0.2) is 17.2 Å². The third kappa shape index (κ3) is 5.40. The van der Waals surface area contributed by atoms with Crippen LogP contribution in [0.4, 0.5) is 5.82 Å². The highest BCUT2D eigenvalue weighted by atomic mass is 31.2. The number of nitrogens with zero attached hydrogens (tertiary/aromatic N) is 5. The molecule has 0 aromatic carbocycles. The summed E-state index contributed by atoms with van der Waals surface area (Å²) in [4.78, 5) is 26.8. The Morgan fingerprint density at radius 1 is 1.19 bits per heavy atom. The van der Waals surface area contributed by atoms with E-state index in [0.717, 1.165) is 4.57 Å². The van der Waals surface area contributed by atoms with Gasteiger partial charge in [-0.15, -0.1) is 5.10 Å². The van der Waals surface area contributed by atoms with Crippen molar-refractivity contribution in [1.82, 2.24) is 24.5 Å². The Labute approximate surface area is 208 Å². The Bertz CT molecular complexity index is 1190. The lowest BCUT2D eigenvalue weighted by Gasteiger charge is -2.37. The fourth-order valence-corrected chi connectivity index (χ4v) is 5.23. The Balaban J connectivity index is 1.89. The third-order valence-corrected chi connectivity index (χ3v) is 8.96. The Hall–Kier alpha value is -2.19. The molecule has 2 aromatic heterocycles. The van der Waals surface area contributed by atoms with Crippen LogP contribution in [0.1, 0.15) is 60.1 Å². The Morgan fingerprint density at radius 3 is 2.42 bits per heavy atom. The highest BCUT2D eigenvalue weighted by Crippen LogP contribution is 2.59. The van der Waals surface area contributed by atoms with E-state index in [1.807, 2.05) is 6.92 Å². The molecule has 0 aliphatic carbocycles. The molecule has 0 saturated carbocycles. The number of rotatable bonds is 10. The van der Waals surface area contributed by atoms with E-state index in [9.17, 15) is 29.6 Å². The van der Waals surface area contributed by atoms with E-state index in [-0.39, 0.29) is 30.6 Å². The summed E-state index contributed by atoms with van der Waals surface area (Å²) in [5.74, 6) is -0.0855. The summed E-state index contributed by atoms with van der Waals surface area (Å²) in [6.45, 7) is 8.45. The van der Waals surface area contributed by atoms with Crippen molar-refractivity contribution in [3.8, 4) is 11.3 Å². The summed E-state index contributed by atoms with van der Waals surface area (Å²) in [5.41, 5.74) is 4.44. The van der Waals surface area contributed by atoms with Crippen molar-refractivity contribution in [2.45, 2.75) is 95.9 Å². The van der Waals surface area contributed by atoms with Crippen molar-refractivity contribution in [2.75, 3.05) is 5.73 Å². The molecule has 0 radical (unpaired) electrons. The van der Waals surface area contributed by atoms with Gasteiger partial charge in [0.15, 0.2) is 11.6 Å². The van der Waals surface area contributed by atoms with Gasteiger partial charge in [0, 0.05) is 19.2 Å². The van der Waals surface area contributed by atoms with Gasteiger partial charge in [-0.3, -0.25) is 13.8 Å². The van der Waals surface area contributed by atoms with E-state index in [1.54, 1.807) is 31.6 Å². The second kappa shape index (κ2) is 10.3. The molecule has 7 atom stereocenters. The van der Waals surface area contributed by atoms with Gasteiger partial charge in [0.2, 0.25) is 0 Å². The molecule has 15 heteroatoms. The van der Waals surface area contributed by atoms with E-state index in [1.165, 1.54) is 13.1 Å². The monoisotopic (exact) mass is 530 g/mol. The molecule has 1 saturated heterocycles. The predicted molar refractivity (Wildman–Crippen MR) is 129 cm³/mol. The normalized spacial score (nSPS) is 27.4. The van der Waals surface area contributed by atoms with E-state index in [4.69, 9.17) is 15.0 Å². The quantitative estimate of drug-likeness (QED) is 0.268. The van der Waals surface area contributed by atoms with E-state index in [0.29, 0.717) is 12.2 Å². The maximum atomic E-state index is 12.8. The van der Waals surface area contributed by atoms with Crippen LogP contribution in [0, 0.1) is 0 Å². The molecule has 1 fully saturated rings. The molecule has 202 valence electrons. The number of hydrogen-bond acceptors (Lipinski definition) is 11. The summed E-state index contributed by atoms with van der Waals surface area (Å²) in [6.07, 6.45) is -2.35. The lowest BCUT2D eigenvalue weighted by molar-refractivity contribution is -0.0713. The van der Waals surface area contributed by atoms with Crippen molar-refractivity contribution >= 4 is 13.4 Å². The SMILES string of the molecule is CCn1cc(-c2cn([C@@H]3O[C@H](CC(C)(CC)OP(=O)(O)C(C)(O)CC)C(O)[C@@H]3O)c(=O)nc2N)nn1. The number of nitrogens with two attached hydrogens (primary N) is 1. The van der Waals surface area contributed by atoms with Gasteiger partial charge >= 0.3 is 13.3 Å². The van der Waals surface area contributed by atoms with Crippen LogP contribution in [0.3, 0.4) is 0 Å². The van der Waals surface area contributed by atoms with Crippen LogP contribution in [-0.2, 0) is 20.4 Å². The first-order chi connectivity index (χ1) is 16.7. The molecule has 1 aliphatic heterocycles. The number of nitrogen functional groups attached to an aromatic ring is 1. The zero-order valence-electron chi connectivity index (χ0n) is 21.0. The second-order valence-corrected chi connectivity index (χ2v) is 11.6. The first-order valence-electron chi connectivity index (χ1n) is 11.7. The summed E-state index contributed by atoms with van der Waals surface area (Å²) < 4.78 is 26.7. The predicted octanol–water partition coefficient (Wildman–Crippen LogP) is 0.602. The number of ether oxygens (including phenoxy) is 1. The lowest BCUT2D eigenvalue weighted by atomic mass is 9.93. The number of hydrogen-bond donors (Lipinski definition) is 5. The first-order valence-corrected chi connectivity index (χ1v) is 13.3. The van der Waals surface area contributed by atoms with Gasteiger partial charge in [-0.25, -0.2) is 4.79 Å². The number of aryl methyl sites for hydroxylation is 1. The number of aromatic nitrogens is 5. The minimum absolute atomic E-state index is 0.0225. The molecule has 36 heavy (non-hydrogen) atoms. The standard InChI is InChI=1S/C21H35N6O8P/c1-6-20(4,35-36(32,33)21(5,31)7-2)9-14-15(28)16(29)18(34-14)27-10-12(17(22)23-19(27)30)13-11-26(8-3)25-24-13/h10-11,14-16,18,28-29,31H,6-9H2,1-5H3,(H,32,33)(H2,22,23,30)/t14-,15?,16+,18-,20?,21?/m1/s1. The molecular formula is C21H35N6O8P. The molecule has 4 unspecified atom stereocenters. The zero-order valence-corrected chi connectivity index (χ0v) is 21.9. The Kier molecular flexibility index (Phi) is 8.11. The molecule has 0 spiro atoms. The number of anilines is 1. The second-order valence-electron chi connectivity index (χ2n) is 9.43. The third-order valence-electron chi connectivity index (χ3n) is 6.73. The molecule has 6 N–H and O–H groups in total. The van der Waals surface area contributed by atoms with Gasteiger partial charge in [-0.1, -0.05) is 19.1 Å². The van der Waals surface area contributed by atoms with Crippen LogP contribution in [0.2, 0.25) is 0 Å². The molecule has 3 heterocycles. The highest BCUT2D eigenvalue weighted by Gasteiger charge is 2.50. The van der Waals surface area contributed by atoms with Gasteiger partial charge < -0.3 is 35.2 Å². The van der Waals surface area contributed by atoms with Gasteiger partial charge in [0.05, 0.1) is 23.5 Å². The van der Waals surface area contributed by atoms with Crippen molar-refractivity contribution in [3.63, 3.8) is 0 Å². The number of aliphatic hydroxyl groups is 3. The first kappa shape index (κ1) is 28.4. The van der Waals surface area contributed by atoms with Crippen molar-refractivity contribution in [2.24, 2.45) is 0 Å². The maximum absolute atomic E-state index is 12.8. The molecule has 2 aromatic rings. The smallest absolute Gasteiger partial charge is 0.359 e. The lowest BCUT2D eigenvalue weighted by Crippen LogP contribution is -2.40. The average molecular weight is 531 g/mol. The molecule has 1 aliphatic rings. The molecule has 14 nitrogen and oxygen atoms in total. The van der Waals surface area contributed by atoms with Crippen LogP contribution in [0.25, 0.3) is 11.3 Å². The maximum Gasteiger partial charge on any atom is 0.359 e. The molecular weight excluding hydrogens is 495 g/mol. The summed E-state index contributed by atoms with van der Waals surface area (Å²) in [5, 5.41) is 37.8. The average Bonchev–Trinajstić information content (AvgIpc) is 3.39. The highest BCUT2D eigenvalue weighted by molar-refractivity contribution is 7.54. The van der Waals surface area contributed by atoms with Crippen LogP contribution in [0.5, 0.6) is 0 Å². The van der Waals surface area contributed by atoms with Gasteiger partial charge in [0.25, 0.3) is 0 Å². The van der Waals surface area contributed by atoms with E-state index >= 15 is 0 Å². The summed E-state index contributed by atoms with van der Waals surface area (Å²) in [7, 11) is -4.49. The Morgan fingerprint density at radius 2 is 1.86 bits per heavy atom. The fraction of sp³-hybridized carbons (Fsp3) is 0.714. The van der Waals surface area contributed by atoms with Crippen molar-refractivity contribution < 1.29 is 34.0 Å². The largest absolute Gasteiger partial charge is 0.388 e. The topological polar surface area (TPSA) is 208 Å². The van der Waals surface area contributed by atoms with E-state index < -0.39 is 48.8 Å². The van der Waals surface area contributed by atoms with Crippen LogP contribution < -0.4 is 11.4 Å². The number of aliphatic hydroxyl groups excluding tert-OH is 2. The molecule has 3 rings (SSSR count). The molecule has 0 bridgehead atoms. The minimum atomic E-state index is -4.49. The van der Waals surface area contributed by atoms with Crippen LogP contribution >= 0.6 is 7.60 Å². The van der Waals surface area contributed by atoms with Gasteiger partial charge in [0.1, 0.15) is 23.7 Å². The zero-order chi connectivity index (χ0) is 27.1. The summed E-state index contributed by atoms with van der Waals surface area (Å²) in [6, 6.07) is 0.